The molecule has 2 unspecified atom stereocenters. The first-order valence-electron chi connectivity index (χ1n) is 7.11. The molecule has 1 N–H and O–H groups in total. The van der Waals surface area contributed by atoms with Gasteiger partial charge in [-0.05, 0) is 24.1 Å². The van der Waals surface area contributed by atoms with Gasteiger partial charge in [0.1, 0.15) is 11.8 Å². The van der Waals surface area contributed by atoms with Gasteiger partial charge in [-0.15, -0.1) is 0 Å². The van der Waals surface area contributed by atoms with E-state index < -0.39 is 0 Å². The Hall–Kier alpha value is -2.03. The zero-order chi connectivity index (χ0) is 14.4. The summed E-state index contributed by atoms with van der Waals surface area (Å²) in [6.45, 7) is 4.05. The first kappa shape index (κ1) is 14.4. The Morgan fingerprint density at radius 1 is 1.20 bits per heavy atom. The lowest BCUT2D eigenvalue weighted by atomic mass is 10.0. The van der Waals surface area contributed by atoms with Crippen LogP contribution in [0.3, 0.4) is 0 Å². The van der Waals surface area contributed by atoms with Crippen LogP contribution in [-0.2, 0) is 4.79 Å². The van der Waals surface area contributed by atoms with Crippen LogP contribution in [0.15, 0.2) is 53.1 Å². The maximum atomic E-state index is 12.3. The molecule has 106 valence electrons. The van der Waals surface area contributed by atoms with Gasteiger partial charge in [-0.2, -0.15) is 0 Å². The fourth-order valence-electron chi connectivity index (χ4n) is 2.27. The molecule has 0 fully saturated rings. The monoisotopic (exact) mass is 271 g/mol. The highest BCUT2D eigenvalue weighted by molar-refractivity contribution is 5.79. The summed E-state index contributed by atoms with van der Waals surface area (Å²) in [6.07, 6.45) is 3.53. The molecule has 2 atom stereocenters. The van der Waals surface area contributed by atoms with Crippen LogP contribution in [0.4, 0.5) is 0 Å². The van der Waals surface area contributed by atoms with Crippen molar-refractivity contribution in [3.05, 3.63) is 60.1 Å². The van der Waals surface area contributed by atoms with Crippen molar-refractivity contribution >= 4 is 5.91 Å². The lowest BCUT2D eigenvalue weighted by Gasteiger charge is -2.19. The Kier molecular flexibility index (Phi) is 4.99. The summed E-state index contributed by atoms with van der Waals surface area (Å²) in [4.78, 5) is 12.3. The second-order valence-electron chi connectivity index (χ2n) is 5.06. The summed E-state index contributed by atoms with van der Waals surface area (Å²) < 4.78 is 5.48. The molecule has 2 rings (SSSR count). The van der Waals surface area contributed by atoms with Crippen LogP contribution >= 0.6 is 0 Å². The molecule has 0 radical (unpaired) electrons. The molecule has 3 heteroatoms. The van der Waals surface area contributed by atoms with Gasteiger partial charge in [0.2, 0.25) is 5.91 Å². The summed E-state index contributed by atoms with van der Waals surface area (Å²) in [5, 5.41) is 3.09. The Balaban J connectivity index is 2.18. The van der Waals surface area contributed by atoms with Crippen molar-refractivity contribution in [3.63, 3.8) is 0 Å². The minimum atomic E-state index is -0.224. The summed E-state index contributed by atoms with van der Waals surface area (Å²) >= 11 is 0. The zero-order valence-electron chi connectivity index (χ0n) is 12.0. The average molecular weight is 271 g/mol. The van der Waals surface area contributed by atoms with Crippen LogP contribution in [0.1, 0.15) is 44.1 Å². The third-order valence-electron chi connectivity index (χ3n) is 3.42. The average Bonchev–Trinajstić information content (AvgIpc) is 2.99. The summed E-state index contributed by atoms with van der Waals surface area (Å²) in [6, 6.07) is 13.4. The van der Waals surface area contributed by atoms with Gasteiger partial charge >= 0.3 is 0 Å². The molecule has 0 saturated carbocycles. The van der Waals surface area contributed by atoms with E-state index in [-0.39, 0.29) is 17.9 Å². The Morgan fingerprint density at radius 2 is 1.95 bits per heavy atom. The largest absolute Gasteiger partial charge is 0.467 e. The number of carbonyl (C=O) groups is 1. The Morgan fingerprint density at radius 3 is 2.55 bits per heavy atom. The summed E-state index contributed by atoms with van der Waals surface area (Å²) in [5.41, 5.74) is 1.03. The molecule has 0 aliphatic heterocycles. The molecule has 0 saturated heterocycles. The van der Waals surface area contributed by atoms with Gasteiger partial charge in [0.15, 0.2) is 0 Å². The molecule has 2 aromatic rings. The van der Waals surface area contributed by atoms with Crippen LogP contribution in [-0.4, -0.2) is 5.91 Å². The molecule has 0 aliphatic rings. The van der Waals surface area contributed by atoms with Crippen molar-refractivity contribution in [1.29, 1.82) is 0 Å². The van der Waals surface area contributed by atoms with Crippen molar-refractivity contribution in [2.45, 2.75) is 32.7 Å². The normalized spacial score (nSPS) is 13.7. The first-order chi connectivity index (χ1) is 9.72. The van der Waals surface area contributed by atoms with Gasteiger partial charge in [0, 0.05) is 5.92 Å². The predicted octanol–water partition coefficient (Wildman–Crippen LogP) is 3.92. The third-order valence-corrected chi connectivity index (χ3v) is 3.42. The van der Waals surface area contributed by atoms with E-state index >= 15 is 0 Å². The van der Waals surface area contributed by atoms with Crippen molar-refractivity contribution in [2.24, 2.45) is 5.92 Å². The molecule has 3 nitrogen and oxygen atoms in total. The second kappa shape index (κ2) is 6.94. The van der Waals surface area contributed by atoms with Gasteiger partial charge in [0.05, 0.1) is 6.26 Å². The number of hydrogen-bond donors (Lipinski definition) is 1. The number of benzene rings is 1. The minimum absolute atomic E-state index is 0.0150. The van der Waals surface area contributed by atoms with Gasteiger partial charge in [-0.3, -0.25) is 4.79 Å². The highest BCUT2D eigenvalue weighted by Gasteiger charge is 2.21. The first-order valence-corrected chi connectivity index (χ1v) is 7.11. The van der Waals surface area contributed by atoms with Crippen LogP contribution in [0, 0.1) is 5.92 Å². The second-order valence-corrected chi connectivity index (χ2v) is 5.06. The van der Waals surface area contributed by atoms with Crippen LogP contribution in [0.25, 0.3) is 0 Å². The van der Waals surface area contributed by atoms with Gasteiger partial charge in [0.25, 0.3) is 0 Å². The predicted molar refractivity (Wildman–Crippen MR) is 79.2 cm³/mol. The SMILES string of the molecule is CCCC(C)C(=O)NC(c1ccccc1)c1ccco1. The smallest absolute Gasteiger partial charge is 0.223 e. The van der Waals surface area contributed by atoms with E-state index in [1.54, 1.807) is 6.26 Å². The topological polar surface area (TPSA) is 42.2 Å². The lowest BCUT2D eigenvalue weighted by Crippen LogP contribution is -2.33. The lowest BCUT2D eigenvalue weighted by molar-refractivity contribution is -0.125. The maximum Gasteiger partial charge on any atom is 0.223 e. The number of rotatable bonds is 6. The van der Waals surface area contributed by atoms with Crippen LogP contribution < -0.4 is 5.32 Å². The number of nitrogens with one attached hydrogen (secondary N) is 1. The van der Waals surface area contributed by atoms with Crippen LogP contribution in [0.2, 0.25) is 0 Å². The maximum absolute atomic E-state index is 12.3. The molecule has 20 heavy (non-hydrogen) atoms. The molecular weight excluding hydrogens is 250 g/mol. The fraction of sp³-hybridized carbons (Fsp3) is 0.353. The van der Waals surface area contributed by atoms with E-state index in [9.17, 15) is 4.79 Å². The van der Waals surface area contributed by atoms with E-state index in [0.29, 0.717) is 0 Å². The number of furan rings is 1. The highest BCUT2D eigenvalue weighted by Crippen LogP contribution is 2.23. The number of hydrogen-bond acceptors (Lipinski definition) is 2. The molecule has 0 spiro atoms. The van der Waals surface area contributed by atoms with E-state index in [2.05, 4.69) is 12.2 Å². The number of carbonyl (C=O) groups excluding carboxylic acids is 1. The Labute approximate surface area is 120 Å². The van der Waals surface area contributed by atoms with Gasteiger partial charge in [-0.25, -0.2) is 0 Å². The molecule has 1 amide bonds. The summed E-state index contributed by atoms with van der Waals surface area (Å²) in [5.74, 6) is 0.839. The standard InChI is InChI=1S/C17H21NO2/c1-3-8-13(2)17(19)18-16(15-11-7-12-20-15)14-9-5-4-6-10-14/h4-7,9-13,16H,3,8H2,1-2H3,(H,18,19). The molecule has 1 aromatic heterocycles. The van der Waals surface area contributed by atoms with Gasteiger partial charge in [-0.1, -0.05) is 50.6 Å². The highest BCUT2D eigenvalue weighted by atomic mass is 16.3. The van der Waals surface area contributed by atoms with Gasteiger partial charge < -0.3 is 9.73 Å². The number of amides is 1. The molecule has 0 bridgehead atoms. The van der Waals surface area contributed by atoms with Crippen molar-refractivity contribution in [1.82, 2.24) is 5.32 Å². The van der Waals surface area contributed by atoms with Crippen molar-refractivity contribution in [2.75, 3.05) is 0 Å². The minimum Gasteiger partial charge on any atom is -0.467 e. The van der Waals surface area contributed by atoms with E-state index in [4.69, 9.17) is 4.42 Å². The zero-order valence-corrected chi connectivity index (χ0v) is 12.0. The van der Waals surface area contributed by atoms with E-state index in [1.165, 1.54) is 0 Å². The van der Waals surface area contributed by atoms with E-state index in [1.807, 2.05) is 49.4 Å². The fourth-order valence-corrected chi connectivity index (χ4v) is 2.27. The van der Waals surface area contributed by atoms with Crippen LogP contribution in [0.5, 0.6) is 0 Å². The van der Waals surface area contributed by atoms with Crippen molar-refractivity contribution in [3.8, 4) is 0 Å². The molecule has 1 aromatic carbocycles. The van der Waals surface area contributed by atoms with Crippen molar-refractivity contribution < 1.29 is 9.21 Å². The molecule has 0 aliphatic carbocycles. The summed E-state index contributed by atoms with van der Waals surface area (Å²) in [7, 11) is 0. The quantitative estimate of drug-likeness (QED) is 0.865. The van der Waals surface area contributed by atoms with E-state index in [0.717, 1.165) is 24.2 Å². The molecule has 1 heterocycles. The Bertz CT molecular complexity index is 519. The third kappa shape index (κ3) is 3.50. The molecular formula is C17H21NO2.